The Bertz CT molecular complexity index is 1270. The second-order valence-electron chi connectivity index (χ2n) is 8.45. The van der Waals surface area contributed by atoms with Gasteiger partial charge in [0.15, 0.2) is 21.7 Å². The molecule has 2 aromatic carbocycles. The first-order valence-electron chi connectivity index (χ1n) is 11.2. The van der Waals surface area contributed by atoms with Gasteiger partial charge in [-0.3, -0.25) is 10.1 Å². The molecule has 0 bridgehead atoms. The van der Waals surface area contributed by atoms with Gasteiger partial charge >= 0.3 is 6.09 Å². The summed E-state index contributed by atoms with van der Waals surface area (Å²) in [5.41, 5.74) is 0.329. The number of halogens is 3. The number of hydrogen-bond donors (Lipinski definition) is 4. The largest absolute Gasteiger partial charge is 0.428 e. The highest BCUT2D eigenvalue weighted by atomic mass is 35.5. The molecule has 2 aromatic rings. The van der Waals surface area contributed by atoms with Crippen molar-refractivity contribution in [2.75, 3.05) is 18.3 Å². The summed E-state index contributed by atoms with van der Waals surface area (Å²) >= 11 is 11.0. The molecule has 0 aromatic heterocycles. The molecule has 37 heavy (non-hydrogen) atoms. The maximum absolute atomic E-state index is 13.8. The van der Waals surface area contributed by atoms with Crippen molar-refractivity contribution in [3.05, 3.63) is 58.6 Å². The molecule has 1 saturated carbocycles. The molecule has 1 aliphatic rings. The van der Waals surface area contributed by atoms with E-state index in [9.17, 15) is 26.8 Å². The van der Waals surface area contributed by atoms with Gasteiger partial charge in [0.1, 0.15) is 16.5 Å². The van der Waals surface area contributed by atoms with Crippen LogP contribution in [0.2, 0.25) is 5.02 Å². The van der Waals surface area contributed by atoms with Gasteiger partial charge in [-0.2, -0.15) is 0 Å². The normalized spacial score (nSPS) is 17.4. The molecule has 1 fully saturated rings. The Labute approximate surface area is 223 Å². The number of anilines is 1. The fraction of sp³-hybridized carbons (Fsp3) is 0.348. The molecule has 0 heterocycles. The molecular formula is C23H25ClF2N4O5S2. The van der Waals surface area contributed by atoms with E-state index in [1.807, 2.05) is 0 Å². The number of carbonyl (C=O) groups is 2. The van der Waals surface area contributed by atoms with E-state index in [1.165, 1.54) is 18.2 Å². The summed E-state index contributed by atoms with van der Waals surface area (Å²) in [7, 11) is -3.84. The molecule has 0 unspecified atom stereocenters. The summed E-state index contributed by atoms with van der Waals surface area (Å²) in [5.74, 6) is -2.13. The first-order chi connectivity index (χ1) is 17.4. The number of carbonyl (C=O) groups excluding carboxylic acids is 2. The fourth-order valence-corrected chi connectivity index (χ4v) is 5.00. The number of sulfone groups is 1. The van der Waals surface area contributed by atoms with Gasteiger partial charge in [0.2, 0.25) is 0 Å². The summed E-state index contributed by atoms with van der Waals surface area (Å²) in [6, 6.07) is 6.75. The lowest BCUT2D eigenvalue weighted by Crippen LogP contribution is -2.48. The molecule has 3 rings (SSSR count). The molecule has 0 radical (unpaired) electrons. The summed E-state index contributed by atoms with van der Waals surface area (Å²) in [6.07, 6.45) is 2.79. The number of alkyl carbamates (subject to hydrolysis) is 1. The number of rotatable bonds is 7. The fourth-order valence-electron chi connectivity index (χ4n) is 3.76. The predicted molar refractivity (Wildman–Crippen MR) is 138 cm³/mol. The highest BCUT2D eigenvalue weighted by molar-refractivity contribution is 7.90. The smallest absolute Gasteiger partial charge is 0.409 e. The second kappa shape index (κ2) is 12.5. The van der Waals surface area contributed by atoms with Crippen LogP contribution in [0, 0.1) is 11.6 Å². The topological polar surface area (TPSA) is 126 Å². The first kappa shape index (κ1) is 28.5. The molecule has 0 atom stereocenters. The molecule has 4 N–H and O–H groups in total. The Morgan fingerprint density at radius 1 is 1.05 bits per heavy atom. The Balaban J connectivity index is 1.38. The number of thiocarbonyl (C=S) groups is 1. The summed E-state index contributed by atoms with van der Waals surface area (Å²) < 4.78 is 55.5. The van der Waals surface area contributed by atoms with Gasteiger partial charge in [-0.05, 0) is 74.3 Å². The van der Waals surface area contributed by atoms with Gasteiger partial charge in [-0.25, -0.2) is 22.0 Å². The van der Waals surface area contributed by atoms with E-state index in [4.69, 9.17) is 28.6 Å². The third kappa shape index (κ3) is 8.79. The van der Waals surface area contributed by atoms with E-state index in [2.05, 4.69) is 21.3 Å². The highest BCUT2D eigenvalue weighted by Gasteiger charge is 2.24. The van der Waals surface area contributed by atoms with Crippen LogP contribution in [0.3, 0.4) is 0 Å². The molecule has 0 saturated heterocycles. The van der Waals surface area contributed by atoms with Gasteiger partial charge < -0.3 is 20.7 Å². The van der Waals surface area contributed by atoms with Crippen molar-refractivity contribution in [3.8, 4) is 0 Å². The van der Waals surface area contributed by atoms with Crippen LogP contribution in [0.5, 0.6) is 0 Å². The molecule has 0 aliphatic heterocycles. The number of nitrogens with one attached hydrogen (secondary N) is 4. The SMILES string of the molecule is CS(=O)(=O)c1cc(C(=O)NC(=S)N[C@H]2CC[C@H](NC(=O)OCNc3cc(F)cc(Cl)c3)CC2)ccc1F. The van der Waals surface area contributed by atoms with Gasteiger partial charge in [-0.15, -0.1) is 0 Å². The molecule has 9 nitrogen and oxygen atoms in total. The monoisotopic (exact) mass is 574 g/mol. The quantitative estimate of drug-likeness (QED) is 0.291. The average molecular weight is 575 g/mol. The van der Waals surface area contributed by atoms with E-state index in [0.717, 1.165) is 24.5 Å². The number of benzene rings is 2. The van der Waals surface area contributed by atoms with Gasteiger partial charge in [0.05, 0.1) is 0 Å². The van der Waals surface area contributed by atoms with Crippen LogP contribution < -0.4 is 21.3 Å². The third-order valence-electron chi connectivity index (χ3n) is 5.55. The van der Waals surface area contributed by atoms with Crippen molar-refractivity contribution in [2.45, 2.75) is 42.7 Å². The minimum absolute atomic E-state index is 0.0487. The summed E-state index contributed by atoms with van der Waals surface area (Å²) in [6.45, 7) is -0.170. The van der Waals surface area contributed by atoms with E-state index in [1.54, 1.807) is 0 Å². The van der Waals surface area contributed by atoms with Gasteiger partial charge in [-0.1, -0.05) is 11.6 Å². The van der Waals surface area contributed by atoms with Crippen LogP contribution in [-0.4, -0.2) is 50.6 Å². The van der Waals surface area contributed by atoms with Crippen molar-refractivity contribution in [1.82, 2.24) is 16.0 Å². The van der Waals surface area contributed by atoms with Crippen LogP contribution in [0.4, 0.5) is 19.3 Å². The van der Waals surface area contributed by atoms with E-state index in [0.29, 0.717) is 31.4 Å². The van der Waals surface area contributed by atoms with E-state index >= 15 is 0 Å². The zero-order valence-corrected chi connectivity index (χ0v) is 22.0. The summed E-state index contributed by atoms with van der Waals surface area (Å²) in [5, 5.41) is 11.3. The Morgan fingerprint density at radius 3 is 2.32 bits per heavy atom. The number of ether oxygens (including phenoxy) is 1. The van der Waals surface area contributed by atoms with E-state index < -0.39 is 38.4 Å². The molecule has 2 amide bonds. The van der Waals surface area contributed by atoms with Crippen molar-refractivity contribution in [2.24, 2.45) is 0 Å². The molecule has 14 heteroatoms. The Hall–Kier alpha value is -3.03. The second-order valence-corrected chi connectivity index (χ2v) is 11.3. The lowest BCUT2D eigenvalue weighted by atomic mass is 9.91. The van der Waals surface area contributed by atoms with Crippen LogP contribution >= 0.6 is 23.8 Å². The summed E-state index contributed by atoms with van der Waals surface area (Å²) in [4.78, 5) is 23.9. The lowest BCUT2D eigenvalue weighted by molar-refractivity contribution is 0.0975. The van der Waals surface area contributed by atoms with Crippen LogP contribution in [0.1, 0.15) is 36.0 Å². The minimum Gasteiger partial charge on any atom is -0.428 e. The third-order valence-corrected chi connectivity index (χ3v) is 7.10. The minimum atomic E-state index is -3.84. The molecule has 0 spiro atoms. The number of amides is 2. The predicted octanol–water partition coefficient (Wildman–Crippen LogP) is 3.73. The first-order valence-corrected chi connectivity index (χ1v) is 13.8. The van der Waals surface area contributed by atoms with Crippen molar-refractivity contribution >= 4 is 56.5 Å². The standard InChI is InChI=1S/C23H25ClF2N4O5S2/c1-37(33,34)20-8-13(2-7-19(20)26)21(31)30-22(36)28-16-3-5-17(6-4-16)29-23(32)35-12-27-18-10-14(24)9-15(25)11-18/h2,7-11,16-17,27H,3-6,12H2,1H3,(H,29,32)(H2,28,30,31,36)/t16-,17-. The van der Waals surface area contributed by atoms with Crippen LogP contribution in [0.15, 0.2) is 41.3 Å². The molecule has 200 valence electrons. The Kier molecular flexibility index (Phi) is 9.62. The molecular weight excluding hydrogens is 550 g/mol. The van der Waals surface area contributed by atoms with Gasteiger partial charge in [0.25, 0.3) is 5.91 Å². The Morgan fingerprint density at radius 2 is 1.70 bits per heavy atom. The van der Waals surface area contributed by atoms with Crippen LogP contribution in [-0.2, 0) is 14.6 Å². The van der Waals surface area contributed by atoms with E-state index in [-0.39, 0.29) is 34.5 Å². The van der Waals surface area contributed by atoms with Crippen molar-refractivity contribution < 1.29 is 31.5 Å². The lowest BCUT2D eigenvalue weighted by Gasteiger charge is -2.30. The zero-order valence-electron chi connectivity index (χ0n) is 19.6. The van der Waals surface area contributed by atoms with Crippen LogP contribution in [0.25, 0.3) is 0 Å². The highest BCUT2D eigenvalue weighted by Crippen LogP contribution is 2.20. The average Bonchev–Trinajstić information content (AvgIpc) is 2.79. The van der Waals surface area contributed by atoms with Gasteiger partial charge in [0, 0.05) is 34.6 Å². The maximum atomic E-state index is 13.8. The molecule has 1 aliphatic carbocycles. The van der Waals surface area contributed by atoms with Crippen molar-refractivity contribution in [1.29, 1.82) is 0 Å². The number of hydrogen-bond acceptors (Lipinski definition) is 7. The maximum Gasteiger partial charge on any atom is 0.409 e. The zero-order chi connectivity index (χ0) is 27.2. The van der Waals surface area contributed by atoms with Crippen molar-refractivity contribution in [3.63, 3.8) is 0 Å².